The van der Waals surface area contributed by atoms with Crippen molar-refractivity contribution in [1.29, 1.82) is 0 Å². The van der Waals surface area contributed by atoms with Crippen LogP contribution in [0.3, 0.4) is 0 Å². The first kappa shape index (κ1) is 20.3. The molecule has 0 heterocycles. The number of amides is 1. The van der Waals surface area contributed by atoms with Gasteiger partial charge in [0.2, 0.25) is 0 Å². The lowest BCUT2D eigenvalue weighted by Gasteiger charge is -2.29. The topological polar surface area (TPSA) is 125 Å². The molecule has 0 aliphatic heterocycles. The monoisotopic (exact) mass is 378 g/mol. The van der Waals surface area contributed by atoms with Crippen molar-refractivity contribution >= 4 is 23.5 Å². The highest BCUT2D eigenvalue weighted by molar-refractivity contribution is 5.97. The Balaban J connectivity index is 2.02. The van der Waals surface area contributed by atoms with Gasteiger partial charge in [0.25, 0.3) is 11.6 Å². The Morgan fingerprint density at radius 3 is 2.37 bits per heavy atom. The summed E-state index contributed by atoms with van der Waals surface area (Å²) in [5.74, 6) is -1.83. The van der Waals surface area contributed by atoms with Crippen LogP contribution in [-0.2, 0) is 14.3 Å². The minimum Gasteiger partial charge on any atom is -0.465 e. The highest BCUT2D eigenvalue weighted by atomic mass is 16.6. The summed E-state index contributed by atoms with van der Waals surface area (Å²) in [4.78, 5) is 46.1. The number of nitrogens with one attached hydrogen (secondary N) is 1. The molecule has 1 aliphatic rings. The summed E-state index contributed by atoms with van der Waals surface area (Å²) in [7, 11) is 1.12. The summed E-state index contributed by atoms with van der Waals surface area (Å²) in [6.07, 6.45) is 4.10. The molecule has 1 aliphatic carbocycles. The number of nitro groups is 1. The smallest absolute Gasteiger partial charge is 0.338 e. The molecule has 2 rings (SSSR count). The maximum absolute atomic E-state index is 12.2. The number of nitrogens with zero attached hydrogens (tertiary/aromatic N) is 1. The van der Waals surface area contributed by atoms with Crippen molar-refractivity contribution in [1.82, 2.24) is 5.32 Å². The minimum atomic E-state index is -0.935. The van der Waals surface area contributed by atoms with E-state index >= 15 is 0 Å². The van der Waals surface area contributed by atoms with E-state index in [1.165, 1.54) is 0 Å². The molecule has 0 spiro atoms. The lowest BCUT2D eigenvalue weighted by molar-refractivity contribution is -0.384. The van der Waals surface area contributed by atoms with E-state index in [1.807, 2.05) is 0 Å². The van der Waals surface area contributed by atoms with Crippen molar-refractivity contribution < 1.29 is 28.8 Å². The van der Waals surface area contributed by atoms with Crippen molar-refractivity contribution in [2.75, 3.05) is 13.7 Å². The summed E-state index contributed by atoms with van der Waals surface area (Å²) in [6.45, 7) is 1.56. The van der Waals surface area contributed by atoms with E-state index in [9.17, 15) is 24.5 Å². The summed E-state index contributed by atoms with van der Waals surface area (Å²) < 4.78 is 9.46. The largest absolute Gasteiger partial charge is 0.465 e. The second-order valence-corrected chi connectivity index (χ2v) is 6.53. The number of ether oxygens (including phenoxy) is 2. The average Bonchev–Trinajstić information content (AvgIpc) is 2.66. The molecule has 1 aromatic rings. The van der Waals surface area contributed by atoms with Gasteiger partial charge < -0.3 is 14.8 Å². The molecule has 1 aromatic carbocycles. The Hall–Kier alpha value is -2.97. The van der Waals surface area contributed by atoms with Crippen LogP contribution in [-0.4, -0.2) is 42.5 Å². The Bertz CT molecular complexity index is 747. The van der Waals surface area contributed by atoms with Crippen molar-refractivity contribution in [3.63, 3.8) is 0 Å². The number of benzene rings is 1. The molecule has 27 heavy (non-hydrogen) atoms. The number of nitro benzene ring substituents is 1. The molecule has 1 fully saturated rings. The van der Waals surface area contributed by atoms with E-state index in [1.54, 1.807) is 0 Å². The van der Waals surface area contributed by atoms with Crippen LogP contribution in [0.2, 0.25) is 0 Å². The average molecular weight is 378 g/mol. The predicted octanol–water partition coefficient (Wildman–Crippen LogP) is 2.23. The number of hydrogen-bond donors (Lipinski definition) is 1. The number of esters is 2. The number of carbonyl (C=O) groups is 3. The van der Waals surface area contributed by atoms with Gasteiger partial charge in [0.1, 0.15) is 0 Å². The molecular weight excluding hydrogens is 356 g/mol. The summed E-state index contributed by atoms with van der Waals surface area (Å²) in [6, 6.07) is 3.16. The maximum atomic E-state index is 12.2. The predicted molar refractivity (Wildman–Crippen MR) is 94.3 cm³/mol. The molecule has 0 aromatic heterocycles. The minimum absolute atomic E-state index is 0.0497. The fourth-order valence-electron chi connectivity index (χ4n) is 3.06. The van der Waals surface area contributed by atoms with Crippen LogP contribution in [0.5, 0.6) is 0 Å². The normalized spacial score (nSPS) is 19.0. The molecular formula is C18H22N2O7. The molecule has 0 bridgehead atoms. The van der Waals surface area contributed by atoms with Gasteiger partial charge in [-0.15, -0.1) is 0 Å². The summed E-state index contributed by atoms with van der Waals surface area (Å²) >= 11 is 0. The maximum Gasteiger partial charge on any atom is 0.338 e. The lowest BCUT2D eigenvalue weighted by atomic mass is 9.86. The standard InChI is InChI=1S/C18H22N2O7/c1-11-5-3-4-6-15(11)19-16(21)10-27-18(23)13-7-12(17(22)26-2)8-14(9-13)20(24)25/h7-9,11,15H,3-6,10H2,1-2H3,(H,19,21)/t11-,15+/m1/s1. The van der Waals surface area contributed by atoms with Crippen LogP contribution >= 0.6 is 0 Å². The first-order chi connectivity index (χ1) is 12.8. The fourth-order valence-corrected chi connectivity index (χ4v) is 3.06. The Morgan fingerprint density at radius 2 is 1.78 bits per heavy atom. The number of methoxy groups -OCH3 is 1. The second kappa shape index (κ2) is 9.11. The van der Waals surface area contributed by atoms with Crippen molar-refractivity contribution in [2.24, 2.45) is 5.92 Å². The Kier molecular flexibility index (Phi) is 6.86. The van der Waals surface area contributed by atoms with Crippen LogP contribution in [0.15, 0.2) is 18.2 Å². The molecule has 1 N–H and O–H groups in total. The van der Waals surface area contributed by atoms with Crippen LogP contribution < -0.4 is 5.32 Å². The second-order valence-electron chi connectivity index (χ2n) is 6.53. The molecule has 1 saturated carbocycles. The number of carbonyl (C=O) groups excluding carboxylic acids is 3. The summed E-state index contributed by atoms with van der Waals surface area (Å²) in [5, 5.41) is 13.8. The molecule has 0 unspecified atom stereocenters. The Labute approximate surface area is 156 Å². The van der Waals surface area contributed by atoms with E-state index in [-0.39, 0.29) is 17.2 Å². The van der Waals surface area contributed by atoms with Gasteiger partial charge in [-0.2, -0.15) is 0 Å². The van der Waals surface area contributed by atoms with Gasteiger partial charge in [-0.25, -0.2) is 9.59 Å². The molecule has 0 radical (unpaired) electrons. The van der Waals surface area contributed by atoms with E-state index in [4.69, 9.17) is 4.74 Å². The first-order valence-corrected chi connectivity index (χ1v) is 8.66. The van der Waals surface area contributed by atoms with Gasteiger partial charge in [0.15, 0.2) is 6.61 Å². The third kappa shape index (κ3) is 5.50. The number of non-ortho nitro benzene ring substituents is 1. The SMILES string of the molecule is COC(=O)c1cc(C(=O)OCC(=O)N[C@H]2CCCC[C@H]2C)cc([N+](=O)[O-])c1. The van der Waals surface area contributed by atoms with Gasteiger partial charge in [-0.3, -0.25) is 14.9 Å². The van der Waals surface area contributed by atoms with Gasteiger partial charge in [-0.1, -0.05) is 19.8 Å². The number of hydrogen-bond acceptors (Lipinski definition) is 7. The van der Waals surface area contributed by atoms with Crippen molar-refractivity contribution in [2.45, 2.75) is 38.6 Å². The number of rotatable bonds is 6. The summed E-state index contributed by atoms with van der Waals surface area (Å²) in [5.41, 5.74) is -0.812. The molecule has 9 nitrogen and oxygen atoms in total. The van der Waals surface area contributed by atoms with Crippen LogP contribution in [0.1, 0.15) is 53.3 Å². The van der Waals surface area contributed by atoms with E-state index < -0.39 is 35.1 Å². The van der Waals surface area contributed by atoms with E-state index in [0.717, 1.165) is 51.0 Å². The highest BCUT2D eigenvalue weighted by Gasteiger charge is 2.24. The first-order valence-electron chi connectivity index (χ1n) is 8.66. The van der Waals surface area contributed by atoms with Crippen LogP contribution in [0.4, 0.5) is 5.69 Å². The van der Waals surface area contributed by atoms with Crippen LogP contribution in [0, 0.1) is 16.0 Å². The lowest BCUT2D eigenvalue weighted by Crippen LogP contribution is -2.42. The quantitative estimate of drug-likeness (QED) is 0.457. The zero-order chi connectivity index (χ0) is 20.0. The van der Waals surface area contributed by atoms with Gasteiger partial charge in [0.05, 0.1) is 23.2 Å². The molecule has 9 heteroatoms. The molecule has 146 valence electrons. The van der Waals surface area contributed by atoms with E-state index in [0.29, 0.717) is 5.92 Å². The fraction of sp³-hybridized carbons (Fsp3) is 0.500. The molecule has 1 amide bonds. The Morgan fingerprint density at radius 1 is 1.15 bits per heavy atom. The third-order valence-electron chi connectivity index (χ3n) is 4.58. The third-order valence-corrected chi connectivity index (χ3v) is 4.58. The van der Waals surface area contributed by atoms with Crippen molar-refractivity contribution in [3.8, 4) is 0 Å². The van der Waals surface area contributed by atoms with Crippen molar-refractivity contribution in [3.05, 3.63) is 39.4 Å². The van der Waals surface area contributed by atoms with Gasteiger partial charge in [-0.05, 0) is 24.8 Å². The zero-order valence-corrected chi connectivity index (χ0v) is 15.2. The van der Waals surface area contributed by atoms with Crippen LogP contribution in [0.25, 0.3) is 0 Å². The molecule has 2 atom stereocenters. The van der Waals surface area contributed by atoms with E-state index in [2.05, 4.69) is 17.0 Å². The zero-order valence-electron chi connectivity index (χ0n) is 15.2. The van der Waals surface area contributed by atoms with Gasteiger partial charge in [0, 0.05) is 18.2 Å². The van der Waals surface area contributed by atoms with Gasteiger partial charge >= 0.3 is 11.9 Å². The highest BCUT2D eigenvalue weighted by Crippen LogP contribution is 2.23. The molecule has 0 saturated heterocycles.